The minimum Gasteiger partial charge on any atom is -0.393 e. The van der Waals surface area contributed by atoms with E-state index in [1.807, 2.05) is 0 Å². The fourth-order valence-corrected chi connectivity index (χ4v) is 1.69. The van der Waals surface area contributed by atoms with Crippen LogP contribution in [0.5, 0.6) is 0 Å². The summed E-state index contributed by atoms with van der Waals surface area (Å²) in [6, 6.07) is 5.97. The molecule has 1 aromatic carbocycles. The molecule has 0 aliphatic rings. The highest BCUT2D eigenvalue weighted by Gasteiger charge is 2.10. The summed E-state index contributed by atoms with van der Waals surface area (Å²) in [7, 11) is 1.48. The maximum absolute atomic E-state index is 13.5. The van der Waals surface area contributed by atoms with Crippen molar-refractivity contribution < 1.29 is 4.39 Å². The van der Waals surface area contributed by atoms with Crippen LogP contribution in [0.4, 0.5) is 10.1 Å². The van der Waals surface area contributed by atoms with Gasteiger partial charge in [-0.1, -0.05) is 18.2 Å². The number of rotatable bonds is 2. The van der Waals surface area contributed by atoms with Crippen LogP contribution in [0, 0.1) is 5.82 Å². The largest absolute Gasteiger partial charge is 0.393 e. The Morgan fingerprint density at radius 1 is 1.28 bits per heavy atom. The van der Waals surface area contributed by atoms with Crippen molar-refractivity contribution in [2.45, 2.75) is 6.54 Å². The Balaban J connectivity index is 2.57. The third-order valence-corrected chi connectivity index (χ3v) is 2.64. The minimum absolute atomic E-state index is 0.0477. The molecule has 0 unspecified atom stereocenters. The van der Waals surface area contributed by atoms with Crippen molar-refractivity contribution in [3.63, 3.8) is 0 Å². The molecule has 5 nitrogen and oxygen atoms in total. The van der Waals surface area contributed by atoms with Gasteiger partial charge in [0.25, 0.3) is 5.56 Å². The van der Waals surface area contributed by atoms with Gasteiger partial charge in [0.1, 0.15) is 11.5 Å². The lowest BCUT2D eigenvalue weighted by molar-refractivity contribution is 0.579. The molecule has 1 heterocycles. The number of aryl methyl sites for hydroxylation is 1. The molecule has 2 rings (SSSR count). The molecule has 6 heteroatoms. The number of hydrogen-bond acceptors (Lipinski definition) is 3. The molecule has 0 radical (unpaired) electrons. The SMILES string of the molecule is Cn1cc(N)c(=O)n(Cc2ccccc2F)c1=O. The Hall–Kier alpha value is -2.37. The van der Waals surface area contributed by atoms with Gasteiger partial charge in [0.2, 0.25) is 0 Å². The van der Waals surface area contributed by atoms with Gasteiger partial charge in [0.15, 0.2) is 0 Å². The van der Waals surface area contributed by atoms with Gasteiger partial charge in [-0.15, -0.1) is 0 Å². The summed E-state index contributed by atoms with van der Waals surface area (Å²) in [5.41, 5.74) is 4.57. The third-order valence-electron chi connectivity index (χ3n) is 2.64. The summed E-state index contributed by atoms with van der Waals surface area (Å²) in [6.45, 7) is -0.136. The molecule has 0 spiro atoms. The quantitative estimate of drug-likeness (QED) is 0.833. The Morgan fingerprint density at radius 2 is 1.94 bits per heavy atom. The predicted octanol–water partition coefficient (Wildman–Crippen LogP) is 0.317. The highest BCUT2D eigenvalue weighted by molar-refractivity contribution is 5.31. The summed E-state index contributed by atoms with van der Waals surface area (Å²) < 4.78 is 15.6. The normalized spacial score (nSPS) is 10.6. The standard InChI is InChI=1S/C12H12FN3O2/c1-15-7-10(14)11(17)16(12(15)18)6-8-4-2-3-5-9(8)13/h2-5,7H,6,14H2,1H3. The Labute approximate surface area is 102 Å². The lowest BCUT2D eigenvalue weighted by Crippen LogP contribution is -2.40. The van der Waals surface area contributed by atoms with E-state index in [9.17, 15) is 14.0 Å². The summed E-state index contributed by atoms with van der Waals surface area (Å²) in [6.07, 6.45) is 1.25. The van der Waals surface area contributed by atoms with Crippen LogP contribution >= 0.6 is 0 Å². The van der Waals surface area contributed by atoms with E-state index in [1.54, 1.807) is 12.1 Å². The van der Waals surface area contributed by atoms with Gasteiger partial charge in [-0.05, 0) is 6.07 Å². The van der Waals surface area contributed by atoms with Gasteiger partial charge < -0.3 is 10.3 Å². The van der Waals surface area contributed by atoms with E-state index in [-0.39, 0.29) is 17.8 Å². The van der Waals surface area contributed by atoms with Gasteiger partial charge in [0, 0.05) is 18.8 Å². The number of benzene rings is 1. The second-order valence-electron chi connectivity index (χ2n) is 3.96. The van der Waals surface area contributed by atoms with E-state index in [4.69, 9.17) is 5.73 Å². The molecule has 2 N–H and O–H groups in total. The number of aromatic nitrogens is 2. The molecule has 94 valence electrons. The van der Waals surface area contributed by atoms with Crippen molar-refractivity contribution in [3.05, 3.63) is 62.7 Å². The van der Waals surface area contributed by atoms with E-state index in [0.29, 0.717) is 0 Å². The van der Waals surface area contributed by atoms with Crippen LogP contribution in [0.25, 0.3) is 0 Å². The molecule has 0 amide bonds. The van der Waals surface area contributed by atoms with E-state index < -0.39 is 17.1 Å². The van der Waals surface area contributed by atoms with Gasteiger partial charge in [-0.3, -0.25) is 9.36 Å². The third kappa shape index (κ3) is 2.04. The fraction of sp³-hybridized carbons (Fsp3) is 0.167. The highest BCUT2D eigenvalue weighted by atomic mass is 19.1. The number of nitrogens with two attached hydrogens (primary N) is 1. The molecule has 0 saturated heterocycles. The first kappa shape index (κ1) is 12.1. The van der Waals surface area contributed by atoms with E-state index in [2.05, 4.69) is 0 Å². The summed E-state index contributed by atoms with van der Waals surface area (Å²) in [4.78, 5) is 23.6. The number of hydrogen-bond donors (Lipinski definition) is 1. The smallest absolute Gasteiger partial charge is 0.331 e. The average molecular weight is 249 g/mol. The van der Waals surface area contributed by atoms with Crippen LogP contribution < -0.4 is 17.0 Å². The van der Waals surface area contributed by atoms with Crippen molar-refractivity contribution >= 4 is 5.69 Å². The lowest BCUT2D eigenvalue weighted by Gasteiger charge is -2.08. The van der Waals surface area contributed by atoms with Crippen molar-refractivity contribution in [2.24, 2.45) is 7.05 Å². The molecule has 0 aliphatic carbocycles. The zero-order valence-electron chi connectivity index (χ0n) is 9.76. The molecular weight excluding hydrogens is 237 g/mol. The molecule has 0 saturated carbocycles. The van der Waals surface area contributed by atoms with Crippen LogP contribution in [0.15, 0.2) is 40.1 Å². The average Bonchev–Trinajstić information content (AvgIpc) is 2.34. The minimum atomic E-state index is -0.610. The Kier molecular flexibility index (Phi) is 3.01. The second-order valence-corrected chi connectivity index (χ2v) is 3.96. The first-order valence-corrected chi connectivity index (χ1v) is 5.30. The van der Waals surface area contributed by atoms with Crippen LogP contribution in [-0.4, -0.2) is 9.13 Å². The van der Waals surface area contributed by atoms with E-state index in [1.165, 1.54) is 29.9 Å². The van der Waals surface area contributed by atoms with Crippen molar-refractivity contribution in [2.75, 3.05) is 5.73 Å². The lowest BCUT2D eigenvalue weighted by atomic mass is 10.2. The zero-order chi connectivity index (χ0) is 13.3. The molecule has 0 fully saturated rings. The van der Waals surface area contributed by atoms with Crippen molar-refractivity contribution in [1.29, 1.82) is 0 Å². The summed E-state index contributed by atoms with van der Waals surface area (Å²) in [5.74, 6) is -0.464. The van der Waals surface area contributed by atoms with E-state index in [0.717, 1.165) is 4.57 Å². The first-order valence-electron chi connectivity index (χ1n) is 5.30. The molecule has 1 aromatic heterocycles. The molecule has 2 aromatic rings. The maximum atomic E-state index is 13.5. The highest BCUT2D eigenvalue weighted by Crippen LogP contribution is 2.06. The fourth-order valence-electron chi connectivity index (χ4n) is 1.69. The van der Waals surface area contributed by atoms with E-state index >= 15 is 0 Å². The van der Waals surface area contributed by atoms with Gasteiger partial charge in [-0.2, -0.15) is 0 Å². The number of anilines is 1. The van der Waals surface area contributed by atoms with Crippen LogP contribution in [0.3, 0.4) is 0 Å². The Bertz CT molecular complexity index is 669. The first-order chi connectivity index (χ1) is 8.50. The Morgan fingerprint density at radius 3 is 2.61 bits per heavy atom. The van der Waals surface area contributed by atoms with Crippen molar-refractivity contribution in [1.82, 2.24) is 9.13 Å². The summed E-state index contributed by atoms with van der Waals surface area (Å²) in [5, 5.41) is 0. The number of nitrogens with zero attached hydrogens (tertiary/aromatic N) is 2. The predicted molar refractivity (Wildman–Crippen MR) is 65.9 cm³/mol. The molecular formula is C12H12FN3O2. The monoisotopic (exact) mass is 249 g/mol. The van der Waals surface area contributed by atoms with Crippen LogP contribution in [-0.2, 0) is 13.6 Å². The van der Waals surface area contributed by atoms with Gasteiger partial charge >= 0.3 is 5.69 Å². The summed E-state index contributed by atoms with van der Waals surface area (Å²) >= 11 is 0. The maximum Gasteiger partial charge on any atom is 0.331 e. The molecule has 0 atom stereocenters. The van der Waals surface area contributed by atoms with Crippen molar-refractivity contribution in [3.8, 4) is 0 Å². The topological polar surface area (TPSA) is 70.0 Å². The molecule has 18 heavy (non-hydrogen) atoms. The molecule has 0 bridgehead atoms. The van der Waals surface area contributed by atoms with Gasteiger partial charge in [0.05, 0.1) is 6.54 Å². The second kappa shape index (κ2) is 4.48. The number of nitrogen functional groups attached to an aromatic ring is 1. The zero-order valence-corrected chi connectivity index (χ0v) is 9.76. The van der Waals surface area contributed by atoms with Gasteiger partial charge in [-0.25, -0.2) is 9.18 Å². The van der Waals surface area contributed by atoms with Crippen LogP contribution in [0.2, 0.25) is 0 Å². The number of halogens is 1. The molecule has 0 aliphatic heterocycles. The van der Waals surface area contributed by atoms with Crippen LogP contribution in [0.1, 0.15) is 5.56 Å².